The second-order valence-corrected chi connectivity index (χ2v) is 6.14. The summed E-state index contributed by atoms with van der Waals surface area (Å²) < 4.78 is 5.43. The number of ether oxygens (including phenoxy) is 1. The molecule has 0 saturated heterocycles. The average molecular weight is 288 g/mol. The molecule has 4 heteroatoms. The van der Waals surface area contributed by atoms with Gasteiger partial charge in [-0.25, -0.2) is 0 Å². The standard InChI is InChI=1S/C17H24N2O2/c1-14(11-18)21-16-7-5-15(6-8-16)12-19(2)13-17(20)9-3-4-10-17/h5-8,14,20H,3-4,9-10,12-13H2,1-2H3. The van der Waals surface area contributed by atoms with E-state index in [1.165, 1.54) is 5.56 Å². The van der Waals surface area contributed by atoms with Crippen LogP contribution in [0.1, 0.15) is 38.2 Å². The van der Waals surface area contributed by atoms with E-state index in [-0.39, 0.29) is 0 Å². The predicted octanol–water partition coefficient (Wildman–Crippen LogP) is 2.71. The molecule has 0 spiro atoms. The van der Waals surface area contributed by atoms with Crippen LogP contribution in [0.2, 0.25) is 0 Å². The van der Waals surface area contributed by atoms with E-state index < -0.39 is 11.7 Å². The van der Waals surface area contributed by atoms with Crippen LogP contribution in [0.15, 0.2) is 24.3 Å². The van der Waals surface area contributed by atoms with Crippen molar-refractivity contribution in [1.82, 2.24) is 4.90 Å². The molecule has 114 valence electrons. The van der Waals surface area contributed by atoms with Gasteiger partial charge in [-0.3, -0.25) is 4.90 Å². The van der Waals surface area contributed by atoms with Gasteiger partial charge < -0.3 is 9.84 Å². The molecular formula is C17H24N2O2. The van der Waals surface area contributed by atoms with Crippen LogP contribution in [0.25, 0.3) is 0 Å². The maximum Gasteiger partial charge on any atom is 0.181 e. The zero-order chi connectivity index (χ0) is 15.3. The number of nitrogens with zero attached hydrogens (tertiary/aromatic N) is 2. The van der Waals surface area contributed by atoms with Crippen molar-refractivity contribution in [3.05, 3.63) is 29.8 Å². The first-order valence-electron chi connectivity index (χ1n) is 7.57. The molecule has 1 aliphatic rings. The van der Waals surface area contributed by atoms with Crippen LogP contribution < -0.4 is 4.74 Å². The lowest BCUT2D eigenvalue weighted by molar-refractivity contribution is 0.0145. The molecule has 0 aliphatic heterocycles. The number of hydrogen-bond acceptors (Lipinski definition) is 4. The lowest BCUT2D eigenvalue weighted by atomic mass is 10.0. The molecule has 1 fully saturated rings. The minimum atomic E-state index is -0.500. The second-order valence-electron chi connectivity index (χ2n) is 6.14. The van der Waals surface area contributed by atoms with Crippen molar-refractivity contribution < 1.29 is 9.84 Å². The third kappa shape index (κ3) is 4.73. The molecule has 2 rings (SSSR count). The van der Waals surface area contributed by atoms with Gasteiger partial charge in [0.05, 0.1) is 5.60 Å². The van der Waals surface area contributed by atoms with Crippen LogP contribution >= 0.6 is 0 Å². The summed E-state index contributed by atoms with van der Waals surface area (Å²) in [5, 5.41) is 19.1. The van der Waals surface area contributed by atoms with Gasteiger partial charge >= 0.3 is 0 Å². The Morgan fingerprint density at radius 3 is 2.52 bits per heavy atom. The van der Waals surface area contributed by atoms with Crippen LogP contribution in [-0.2, 0) is 6.54 Å². The number of rotatable bonds is 6. The fraction of sp³-hybridized carbons (Fsp3) is 0.588. The van der Waals surface area contributed by atoms with Crippen LogP contribution in [0.3, 0.4) is 0 Å². The van der Waals surface area contributed by atoms with E-state index in [2.05, 4.69) is 4.90 Å². The number of likely N-dealkylation sites (N-methyl/N-ethyl adjacent to an activating group) is 1. The van der Waals surface area contributed by atoms with Crippen molar-refractivity contribution in [2.45, 2.75) is 50.9 Å². The van der Waals surface area contributed by atoms with Gasteiger partial charge in [-0.1, -0.05) is 25.0 Å². The van der Waals surface area contributed by atoms with Gasteiger partial charge in [0.25, 0.3) is 0 Å². The fourth-order valence-corrected chi connectivity index (χ4v) is 2.97. The molecule has 4 nitrogen and oxygen atoms in total. The molecule has 0 bridgehead atoms. The molecule has 0 radical (unpaired) electrons. The summed E-state index contributed by atoms with van der Waals surface area (Å²) in [5.74, 6) is 0.713. The number of hydrogen-bond donors (Lipinski definition) is 1. The predicted molar refractivity (Wildman–Crippen MR) is 81.9 cm³/mol. The molecule has 1 aliphatic carbocycles. The van der Waals surface area contributed by atoms with Crippen molar-refractivity contribution in [1.29, 1.82) is 5.26 Å². The molecule has 1 saturated carbocycles. The number of aliphatic hydroxyl groups is 1. The molecule has 21 heavy (non-hydrogen) atoms. The summed E-state index contributed by atoms with van der Waals surface area (Å²) in [4.78, 5) is 2.17. The van der Waals surface area contributed by atoms with Crippen molar-refractivity contribution in [3.8, 4) is 11.8 Å². The Kier molecular flexibility index (Phi) is 5.22. The van der Waals surface area contributed by atoms with Crippen molar-refractivity contribution >= 4 is 0 Å². The highest BCUT2D eigenvalue weighted by Gasteiger charge is 2.31. The zero-order valence-corrected chi connectivity index (χ0v) is 12.9. The highest BCUT2D eigenvalue weighted by Crippen LogP contribution is 2.30. The molecule has 1 unspecified atom stereocenters. The molecule has 0 heterocycles. The van der Waals surface area contributed by atoms with Gasteiger partial charge in [0.1, 0.15) is 11.8 Å². The Bertz CT molecular complexity index is 487. The van der Waals surface area contributed by atoms with E-state index >= 15 is 0 Å². The van der Waals surface area contributed by atoms with Crippen molar-refractivity contribution in [3.63, 3.8) is 0 Å². The number of nitriles is 1. The van der Waals surface area contributed by atoms with Gasteiger partial charge in [0.15, 0.2) is 6.10 Å². The average Bonchev–Trinajstić information content (AvgIpc) is 2.87. The summed E-state index contributed by atoms with van der Waals surface area (Å²) in [6, 6.07) is 9.84. The normalized spacial score (nSPS) is 18.4. The Morgan fingerprint density at radius 1 is 1.33 bits per heavy atom. The molecule has 0 amide bonds. The fourth-order valence-electron chi connectivity index (χ4n) is 2.97. The summed E-state index contributed by atoms with van der Waals surface area (Å²) in [6.45, 7) is 3.25. The summed E-state index contributed by atoms with van der Waals surface area (Å²) in [7, 11) is 2.04. The van der Waals surface area contributed by atoms with E-state index in [0.717, 1.165) is 38.8 Å². The van der Waals surface area contributed by atoms with Crippen molar-refractivity contribution in [2.75, 3.05) is 13.6 Å². The number of benzene rings is 1. The minimum absolute atomic E-state index is 0.435. The topological polar surface area (TPSA) is 56.5 Å². The summed E-state index contributed by atoms with van der Waals surface area (Å²) in [5.41, 5.74) is 0.677. The first-order chi connectivity index (χ1) is 10.0. The Hall–Kier alpha value is -1.57. The molecule has 1 N–H and O–H groups in total. The van der Waals surface area contributed by atoms with Gasteiger partial charge in [-0.2, -0.15) is 5.26 Å². The molecule has 0 aromatic heterocycles. The SMILES string of the molecule is CC(C#N)Oc1ccc(CN(C)CC2(O)CCCC2)cc1. The molecule has 1 aromatic rings. The van der Waals surface area contributed by atoms with E-state index in [1.54, 1.807) is 6.92 Å². The van der Waals surface area contributed by atoms with E-state index in [0.29, 0.717) is 5.75 Å². The van der Waals surface area contributed by atoms with Gasteiger partial charge in [0.2, 0.25) is 0 Å². The monoisotopic (exact) mass is 288 g/mol. The summed E-state index contributed by atoms with van der Waals surface area (Å²) >= 11 is 0. The Morgan fingerprint density at radius 2 is 1.95 bits per heavy atom. The highest BCUT2D eigenvalue weighted by atomic mass is 16.5. The maximum absolute atomic E-state index is 10.4. The second kappa shape index (κ2) is 6.93. The Balaban J connectivity index is 1.86. The maximum atomic E-state index is 10.4. The van der Waals surface area contributed by atoms with E-state index in [4.69, 9.17) is 10.00 Å². The molecule has 1 atom stereocenters. The Labute approximate surface area is 127 Å². The summed E-state index contributed by atoms with van der Waals surface area (Å²) in [6.07, 6.45) is 3.66. The smallest absolute Gasteiger partial charge is 0.181 e. The quantitative estimate of drug-likeness (QED) is 0.874. The third-order valence-corrected chi connectivity index (χ3v) is 3.97. The largest absolute Gasteiger partial charge is 0.476 e. The minimum Gasteiger partial charge on any atom is -0.476 e. The third-order valence-electron chi connectivity index (χ3n) is 3.97. The van der Waals surface area contributed by atoms with Gasteiger partial charge in [-0.05, 0) is 44.5 Å². The van der Waals surface area contributed by atoms with E-state index in [9.17, 15) is 5.11 Å². The zero-order valence-electron chi connectivity index (χ0n) is 12.9. The van der Waals surface area contributed by atoms with Crippen LogP contribution in [0.5, 0.6) is 5.75 Å². The lowest BCUT2D eigenvalue weighted by Gasteiger charge is -2.28. The molecule has 1 aromatic carbocycles. The van der Waals surface area contributed by atoms with Gasteiger partial charge in [-0.15, -0.1) is 0 Å². The lowest BCUT2D eigenvalue weighted by Crippen LogP contribution is -2.38. The highest BCUT2D eigenvalue weighted by molar-refractivity contribution is 5.27. The first kappa shape index (κ1) is 15.8. The first-order valence-corrected chi connectivity index (χ1v) is 7.57. The van der Waals surface area contributed by atoms with E-state index in [1.807, 2.05) is 37.4 Å². The molecular weight excluding hydrogens is 264 g/mol. The van der Waals surface area contributed by atoms with Crippen LogP contribution in [-0.4, -0.2) is 35.3 Å². The van der Waals surface area contributed by atoms with Crippen LogP contribution in [0.4, 0.5) is 0 Å². The van der Waals surface area contributed by atoms with Gasteiger partial charge in [0, 0.05) is 13.1 Å². The van der Waals surface area contributed by atoms with Crippen molar-refractivity contribution in [2.24, 2.45) is 0 Å². The van der Waals surface area contributed by atoms with Crippen LogP contribution in [0, 0.1) is 11.3 Å².